The van der Waals surface area contributed by atoms with Gasteiger partial charge in [0, 0.05) is 11.7 Å². The van der Waals surface area contributed by atoms with Gasteiger partial charge in [-0.25, -0.2) is 0 Å². The number of amides is 1. The molecule has 0 spiro atoms. The Morgan fingerprint density at radius 3 is 2.94 bits per heavy atom. The van der Waals surface area contributed by atoms with Gasteiger partial charge >= 0.3 is 0 Å². The zero-order chi connectivity index (χ0) is 13.1. The summed E-state index contributed by atoms with van der Waals surface area (Å²) in [5, 5.41) is 9.19. The van der Waals surface area contributed by atoms with E-state index in [0.717, 1.165) is 5.56 Å². The summed E-state index contributed by atoms with van der Waals surface area (Å²) in [4.78, 5) is 11.9. The Morgan fingerprint density at radius 2 is 2.33 bits per heavy atom. The highest BCUT2D eigenvalue weighted by atomic mass is 79.9. The van der Waals surface area contributed by atoms with E-state index in [9.17, 15) is 4.79 Å². The molecule has 1 amide bonds. The molecule has 0 saturated heterocycles. The van der Waals surface area contributed by atoms with Gasteiger partial charge in [-0.1, -0.05) is 12.1 Å². The summed E-state index contributed by atoms with van der Waals surface area (Å²) in [6.45, 7) is 1.90. The van der Waals surface area contributed by atoms with E-state index < -0.39 is 0 Å². The first-order valence-electron chi connectivity index (χ1n) is 5.43. The topological polar surface area (TPSA) is 83.8 Å². The molecule has 6 heteroatoms. The first-order valence-corrected chi connectivity index (χ1v) is 6.23. The molecule has 0 aliphatic heterocycles. The maximum absolute atomic E-state index is 11.9. The number of benzene rings is 1. The second kappa shape index (κ2) is 5.32. The van der Waals surface area contributed by atoms with Crippen molar-refractivity contribution in [3.63, 3.8) is 0 Å². The molecule has 0 fully saturated rings. The Hall–Kier alpha value is -1.66. The van der Waals surface area contributed by atoms with Crippen molar-refractivity contribution in [2.24, 2.45) is 5.73 Å². The summed E-state index contributed by atoms with van der Waals surface area (Å²) in [5.74, 6) is -0.249. The van der Waals surface area contributed by atoms with Gasteiger partial charge < -0.3 is 11.1 Å². The normalized spacial score (nSPS) is 12.2. The molecule has 0 aliphatic carbocycles. The number of hydrogen-bond donors (Lipinski definition) is 3. The van der Waals surface area contributed by atoms with E-state index in [4.69, 9.17) is 5.73 Å². The number of anilines is 1. The van der Waals surface area contributed by atoms with E-state index in [-0.39, 0.29) is 11.9 Å². The molecule has 0 bridgehead atoms. The lowest BCUT2D eigenvalue weighted by atomic mass is 10.1. The Bertz CT molecular complexity index is 565. The van der Waals surface area contributed by atoms with Gasteiger partial charge in [-0.05, 0) is 40.5 Å². The van der Waals surface area contributed by atoms with Gasteiger partial charge in [0.15, 0.2) is 0 Å². The van der Waals surface area contributed by atoms with Gasteiger partial charge in [0.05, 0.1) is 10.7 Å². The predicted octanol–water partition coefficient (Wildman–Crippen LogP) is 2.44. The van der Waals surface area contributed by atoms with Gasteiger partial charge in [0.1, 0.15) is 5.69 Å². The van der Waals surface area contributed by atoms with Crippen molar-refractivity contribution >= 4 is 27.5 Å². The van der Waals surface area contributed by atoms with Crippen molar-refractivity contribution in [3.05, 3.63) is 46.2 Å². The summed E-state index contributed by atoms with van der Waals surface area (Å²) in [5.41, 5.74) is 7.86. The number of rotatable bonds is 3. The Labute approximate surface area is 113 Å². The van der Waals surface area contributed by atoms with Crippen LogP contribution in [0.4, 0.5) is 5.69 Å². The lowest BCUT2D eigenvalue weighted by Crippen LogP contribution is -2.13. The first-order chi connectivity index (χ1) is 8.58. The molecule has 0 unspecified atom stereocenters. The molecular formula is C12H13BrN4O. The van der Waals surface area contributed by atoms with Crippen LogP contribution >= 0.6 is 15.9 Å². The number of carbonyl (C=O) groups is 1. The highest BCUT2D eigenvalue weighted by Crippen LogP contribution is 2.18. The lowest BCUT2D eigenvalue weighted by Gasteiger charge is -2.09. The standard InChI is InChI=1S/C12H13BrN4O/c1-7(14)8-3-2-4-9(5-8)16-12(18)11-10(13)6-15-17-11/h2-7H,14H2,1H3,(H,15,17)(H,16,18)/t7-/m1/s1. The molecule has 1 aromatic heterocycles. The van der Waals surface area contributed by atoms with E-state index >= 15 is 0 Å². The number of aromatic amines is 1. The van der Waals surface area contributed by atoms with Crippen LogP contribution in [0, 0.1) is 0 Å². The van der Waals surface area contributed by atoms with Gasteiger partial charge in [-0.2, -0.15) is 5.10 Å². The molecule has 18 heavy (non-hydrogen) atoms. The summed E-state index contributed by atoms with van der Waals surface area (Å²) < 4.78 is 0.628. The van der Waals surface area contributed by atoms with Crippen LogP contribution < -0.4 is 11.1 Å². The van der Waals surface area contributed by atoms with Gasteiger partial charge in [-0.15, -0.1) is 0 Å². The van der Waals surface area contributed by atoms with E-state index in [1.54, 1.807) is 0 Å². The molecule has 0 aliphatic rings. The average molecular weight is 309 g/mol. The van der Waals surface area contributed by atoms with Crippen LogP contribution in [0.2, 0.25) is 0 Å². The zero-order valence-electron chi connectivity index (χ0n) is 9.77. The fraction of sp³-hybridized carbons (Fsp3) is 0.167. The molecule has 5 nitrogen and oxygen atoms in total. The highest BCUT2D eigenvalue weighted by Gasteiger charge is 2.12. The van der Waals surface area contributed by atoms with E-state index in [0.29, 0.717) is 15.9 Å². The third-order valence-corrected chi connectivity index (χ3v) is 3.09. The van der Waals surface area contributed by atoms with Crippen molar-refractivity contribution in [2.45, 2.75) is 13.0 Å². The number of halogens is 1. The maximum atomic E-state index is 11.9. The summed E-state index contributed by atoms with van der Waals surface area (Å²) in [6.07, 6.45) is 1.54. The van der Waals surface area contributed by atoms with Crippen molar-refractivity contribution in [2.75, 3.05) is 5.32 Å². The number of aromatic nitrogens is 2. The summed E-state index contributed by atoms with van der Waals surface area (Å²) >= 11 is 3.24. The highest BCUT2D eigenvalue weighted by molar-refractivity contribution is 9.10. The SMILES string of the molecule is C[C@@H](N)c1cccc(NC(=O)c2[nH]ncc2Br)c1. The molecule has 4 N–H and O–H groups in total. The van der Waals surface area contributed by atoms with Crippen LogP contribution in [-0.4, -0.2) is 16.1 Å². The first kappa shape index (κ1) is 12.8. The molecule has 1 aromatic carbocycles. The zero-order valence-corrected chi connectivity index (χ0v) is 11.4. The van der Waals surface area contributed by atoms with E-state index in [1.807, 2.05) is 31.2 Å². The van der Waals surface area contributed by atoms with Crippen LogP contribution in [0.25, 0.3) is 0 Å². The van der Waals surface area contributed by atoms with Gasteiger partial charge in [0.2, 0.25) is 0 Å². The van der Waals surface area contributed by atoms with Crippen LogP contribution in [0.15, 0.2) is 34.9 Å². The number of nitrogens with zero attached hydrogens (tertiary/aromatic N) is 1. The molecule has 2 rings (SSSR count). The third kappa shape index (κ3) is 2.77. The Balaban J connectivity index is 2.17. The average Bonchev–Trinajstić information content (AvgIpc) is 2.76. The van der Waals surface area contributed by atoms with Gasteiger partial charge in [0.25, 0.3) is 5.91 Å². The number of carbonyl (C=O) groups excluding carboxylic acids is 1. The van der Waals surface area contributed by atoms with Crippen molar-refractivity contribution in [1.29, 1.82) is 0 Å². The van der Waals surface area contributed by atoms with Crippen molar-refractivity contribution in [3.8, 4) is 0 Å². The summed E-state index contributed by atoms with van der Waals surface area (Å²) in [7, 11) is 0. The van der Waals surface area contributed by atoms with Crippen molar-refractivity contribution in [1.82, 2.24) is 10.2 Å². The molecule has 94 valence electrons. The molecule has 0 saturated carbocycles. The maximum Gasteiger partial charge on any atom is 0.274 e. The largest absolute Gasteiger partial charge is 0.324 e. The quantitative estimate of drug-likeness (QED) is 0.814. The van der Waals surface area contributed by atoms with Crippen LogP contribution in [0.3, 0.4) is 0 Å². The molecule has 1 heterocycles. The van der Waals surface area contributed by atoms with E-state index in [2.05, 4.69) is 31.4 Å². The minimum atomic E-state index is -0.249. The third-order valence-electron chi connectivity index (χ3n) is 2.49. The van der Waals surface area contributed by atoms with Crippen molar-refractivity contribution < 1.29 is 4.79 Å². The number of H-pyrrole nitrogens is 1. The monoisotopic (exact) mass is 308 g/mol. The molecule has 0 radical (unpaired) electrons. The minimum Gasteiger partial charge on any atom is -0.324 e. The predicted molar refractivity (Wildman–Crippen MR) is 73.3 cm³/mol. The van der Waals surface area contributed by atoms with Crippen LogP contribution in [0.1, 0.15) is 29.0 Å². The second-order valence-electron chi connectivity index (χ2n) is 3.96. The number of nitrogens with two attached hydrogens (primary N) is 1. The summed E-state index contributed by atoms with van der Waals surface area (Å²) in [6, 6.07) is 7.38. The molecule has 2 aromatic rings. The fourth-order valence-electron chi connectivity index (χ4n) is 1.52. The Kier molecular flexibility index (Phi) is 3.78. The van der Waals surface area contributed by atoms with E-state index in [1.165, 1.54) is 6.20 Å². The minimum absolute atomic E-state index is 0.0688. The fourth-order valence-corrected chi connectivity index (χ4v) is 1.90. The van der Waals surface area contributed by atoms with Crippen LogP contribution in [-0.2, 0) is 0 Å². The molecular weight excluding hydrogens is 296 g/mol. The van der Waals surface area contributed by atoms with Crippen LogP contribution in [0.5, 0.6) is 0 Å². The Morgan fingerprint density at radius 1 is 1.56 bits per heavy atom. The second-order valence-corrected chi connectivity index (χ2v) is 4.82. The number of hydrogen-bond acceptors (Lipinski definition) is 3. The molecule has 1 atom stereocenters. The smallest absolute Gasteiger partial charge is 0.274 e. The van der Waals surface area contributed by atoms with Gasteiger partial charge in [-0.3, -0.25) is 9.89 Å². The lowest BCUT2D eigenvalue weighted by molar-refractivity contribution is 0.102. The number of nitrogens with one attached hydrogen (secondary N) is 2.